The van der Waals surface area contributed by atoms with E-state index in [2.05, 4.69) is 17.4 Å². The summed E-state index contributed by atoms with van der Waals surface area (Å²) in [6, 6.07) is 10.3. The number of hydrogen-bond acceptors (Lipinski definition) is 2. The number of nitrogens with one attached hydrogen (secondary N) is 1. The van der Waals surface area contributed by atoms with Gasteiger partial charge in [0.2, 0.25) is 5.91 Å². The Bertz CT molecular complexity index is 385. The van der Waals surface area contributed by atoms with Crippen LogP contribution in [-0.2, 0) is 11.3 Å². The summed E-state index contributed by atoms with van der Waals surface area (Å²) in [7, 11) is 0. The van der Waals surface area contributed by atoms with E-state index in [1.807, 2.05) is 30.0 Å². The SMILES string of the molecule is CCC(=O)N(Cc1ccccc1)CC1CCNCC1. The Balaban J connectivity index is 1.97. The monoisotopic (exact) mass is 260 g/mol. The van der Waals surface area contributed by atoms with Crippen LogP contribution < -0.4 is 5.32 Å². The number of piperidine rings is 1. The number of carbonyl (C=O) groups excluding carboxylic acids is 1. The Hall–Kier alpha value is -1.35. The highest BCUT2D eigenvalue weighted by atomic mass is 16.2. The van der Waals surface area contributed by atoms with E-state index in [-0.39, 0.29) is 5.91 Å². The molecule has 0 spiro atoms. The molecule has 1 aliphatic heterocycles. The predicted molar refractivity (Wildman–Crippen MR) is 77.7 cm³/mol. The van der Waals surface area contributed by atoms with Crippen molar-refractivity contribution >= 4 is 5.91 Å². The summed E-state index contributed by atoms with van der Waals surface area (Å²) in [5.41, 5.74) is 1.22. The van der Waals surface area contributed by atoms with Crippen LogP contribution in [0, 0.1) is 5.92 Å². The molecule has 1 N–H and O–H groups in total. The highest BCUT2D eigenvalue weighted by molar-refractivity contribution is 5.75. The van der Waals surface area contributed by atoms with E-state index in [0.29, 0.717) is 12.3 Å². The second-order valence-electron chi connectivity index (χ2n) is 5.31. The molecule has 0 radical (unpaired) electrons. The lowest BCUT2D eigenvalue weighted by Crippen LogP contribution is -2.38. The van der Waals surface area contributed by atoms with E-state index in [0.717, 1.165) is 26.2 Å². The molecular weight excluding hydrogens is 236 g/mol. The molecule has 0 atom stereocenters. The molecule has 1 amide bonds. The number of rotatable bonds is 5. The van der Waals surface area contributed by atoms with Gasteiger partial charge >= 0.3 is 0 Å². The third-order valence-corrected chi connectivity index (χ3v) is 3.81. The fourth-order valence-corrected chi connectivity index (χ4v) is 2.66. The van der Waals surface area contributed by atoms with Crippen LogP contribution in [0.5, 0.6) is 0 Å². The second-order valence-corrected chi connectivity index (χ2v) is 5.31. The highest BCUT2D eigenvalue weighted by Gasteiger charge is 2.19. The van der Waals surface area contributed by atoms with Crippen molar-refractivity contribution in [3.63, 3.8) is 0 Å². The Morgan fingerprint density at radius 3 is 2.58 bits per heavy atom. The standard InChI is InChI=1S/C16H24N2O/c1-2-16(19)18(12-14-6-4-3-5-7-14)13-15-8-10-17-11-9-15/h3-7,15,17H,2,8-13H2,1H3. The first kappa shape index (κ1) is 14.1. The van der Waals surface area contributed by atoms with Gasteiger partial charge in [-0.2, -0.15) is 0 Å². The van der Waals surface area contributed by atoms with E-state index < -0.39 is 0 Å². The smallest absolute Gasteiger partial charge is 0.222 e. The van der Waals surface area contributed by atoms with Gasteiger partial charge in [-0.05, 0) is 37.4 Å². The average Bonchev–Trinajstić information content (AvgIpc) is 2.48. The van der Waals surface area contributed by atoms with Crippen molar-refractivity contribution in [3.8, 4) is 0 Å². The molecule has 0 saturated carbocycles. The van der Waals surface area contributed by atoms with Gasteiger partial charge in [0.05, 0.1) is 0 Å². The Morgan fingerprint density at radius 2 is 1.95 bits per heavy atom. The van der Waals surface area contributed by atoms with Gasteiger partial charge in [-0.3, -0.25) is 4.79 Å². The molecule has 0 bridgehead atoms. The summed E-state index contributed by atoms with van der Waals surface area (Å²) in [6.45, 7) is 5.78. The number of carbonyl (C=O) groups is 1. The number of benzene rings is 1. The van der Waals surface area contributed by atoms with Crippen LogP contribution in [0.4, 0.5) is 0 Å². The molecular formula is C16H24N2O. The topological polar surface area (TPSA) is 32.3 Å². The van der Waals surface area contributed by atoms with E-state index in [1.54, 1.807) is 0 Å². The van der Waals surface area contributed by atoms with Crippen LogP contribution in [0.3, 0.4) is 0 Å². The van der Waals surface area contributed by atoms with Gasteiger partial charge < -0.3 is 10.2 Å². The van der Waals surface area contributed by atoms with Gasteiger partial charge in [-0.15, -0.1) is 0 Å². The average molecular weight is 260 g/mol. The quantitative estimate of drug-likeness (QED) is 0.882. The van der Waals surface area contributed by atoms with Crippen molar-refractivity contribution in [2.75, 3.05) is 19.6 Å². The van der Waals surface area contributed by atoms with Crippen LogP contribution in [0.15, 0.2) is 30.3 Å². The van der Waals surface area contributed by atoms with Crippen molar-refractivity contribution < 1.29 is 4.79 Å². The molecule has 104 valence electrons. The lowest BCUT2D eigenvalue weighted by atomic mass is 9.97. The maximum atomic E-state index is 12.1. The van der Waals surface area contributed by atoms with Gasteiger partial charge in [0.1, 0.15) is 0 Å². The van der Waals surface area contributed by atoms with Crippen LogP contribution in [0.25, 0.3) is 0 Å². The Kier molecular flexibility index (Phi) is 5.40. The third kappa shape index (κ3) is 4.35. The first-order valence-corrected chi connectivity index (χ1v) is 7.32. The van der Waals surface area contributed by atoms with Crippen molar-refractivity contribution in [2.45, 2.75) is 32.7 Å². The molecule has 2 rings (SSSR count). The zero-order valence-corrected chi connectivity index (χ0v) is 11.8. The molecule has 1 saturated heterocycles. The fraction of sp³-hybridized carbons (Fsp3) is 0.562. The Morgan fingerprint density at radius 1 is 1.26 bits per heavy atom. The van der Waals surface area contributed by atoms with Gasteiger partial charge in [0.25, 0.3) is 0 Å². The van der Waals surface area contributed by atoms with Crippen molar-refractivity contribution in [2.24, 2.45) is 5.92 Å². The van der Waals surface area contributed by atoms with Crippen molar-refractivity contribution in [3.05, 3.63) is 35.9 Å². The second kappa shape index (κ2) is 7.29. The number of hydrogen-bond donors (Lipinski definition) is 1. The Labute approximate surface area is 116 Å². The molecule has 3 nitrogen and oxygen atoms in total. The summed E-state index contributed by atoms with van der Waals surface area (Å²) in [6.07, 6.45) is 2.96. The largest absolute Gasteiger partial charge is 0.338 e. The summed E-state index contributed by atoms with van der Waals surface area (Å²) >= 11 is 0. The van der Waals surface area contributed by atoms with Gasteiger partial charge in [0, 0.05) is 19.5 Å². The van der Waals surface area contributed by atoms with Crippen LogP contribution in [0.1, 0.15) is 31.7 Å². The minimum absolute atomic E-state index is 0.266. The van der Waals surface area contributed by atoms with E-state index in [1.165, 1.54) is 18.4 Å². The molecule has 1 aromatic rings. The van der Waals surface area contributed by atoms with E-state index >= 15 is 0 Å². The number of nitrogens with zero attached hydrogens (tertiary/aromatic N) is 1. The highest BCUT2D eigenvalue weighted by Crippen LogP contribution is 2.16. The maximum Gasteiger partial charge on any atom is 0.222 e. The zero-order valence-electron chi connectivity index (χ0n) is 11.8. The third-order valence-electron chi connectivity index (χ3n) is 3.81. The van der Waals surface area contributed by atoms with Gasteiger partial charge in [-0.1, -0.05) is 37.3 Å². The summed E-state index contributed by atoms with van der Waals surface area (Å²) in [4.78, 5) is 14.1. The lowest BCUT2D eigenvalue weighted by Gasteiger charge is -2.30. The molecule has 1 aliphatic rings. The van der Waals surface area contributed by atoms with Crippen LogP contribution in [-0.4, -0.2) is 30.4 Å². The number of amides is 1. The molecule has 3 heteroatoms. The van der Waals surface area contributed by atoms with Crippen LogP contribution >= 0.6 is 0 Å². The molecule has 0 unspecified atom stereocenters. The summed E-state index contributed by atoms with van der Waals surface area (Å²) in [5.74, 6) is 0.919. The van der Waals surface area contributed by atoms with Gasteiger partial charge in [-0.25, -0.2) is 0 Å². The summed E-state index contributed by atoms with van der Waals surface area (Å²) in [5, 5.41) is 3.38. The maximum absolute atomic E-state index is 12.1. The van der Waals surface area contributed by atoms with E-state index in [9.17, 15) is 4.79 Å². The van der Waals surface area contributed by atoms with Crippen molar-refractivity contribution in [1.82, 2.24) is 10.2 Å². The molecule has 1 fully saturated rings. The first-order chi connectivity index (χ1) is 9.29. The summed E-state index contributed by atoms with van der Waals surface area (Å²) < 4.78 is 0. The van der Waals surface area contributed by atoms with Gasteiger partial charge in [0.15, 0.2) is 0 Å². The minimum Gasteiger partial charge on any atom is -0.338 e. The normalized spacial score (nSPS) is 16.3. The van der Waals surface area contributed by atoms with Crippen molar-refractivity contribution in [1.29, 1.82) is 0 Å². The lowest BCUT2D eigenvalue weighted by molar-refractivity contribution is -0.132. The molecule has 0 aromatic heterocycles. The molecule has 1 aromatic carbocycles. The predicted octanol–water partition coefficient (Wildman–Crippen LogP) is 2.42. The molecule has 0 aliphatic carbocycles. The fourth-order valence-electron chi connectivity index (χ4n) is 2.66. The first-order valence-electron chi connectivity index (χ1n) is 7.32. The zero-order chi connectivity index (χ0) is 13.5. The molecule has 1 heterocycles. The molecule has 19 heavy (non-hydrogen) atoms. The minimum atomic E-state index is 0.266. The van der Waals surface area contributed by atoms with E-state index in [4.69, 9.17) is 0 Å². The van der Waals surface area contributed by atoms with Crippen LogP contribution in [0.2, 0.25) is 0 Å².